The quantitative estimate of drug-likeness (QED) is 0.830. The lowest BCUT2D eigenvalue weighted by Gasteiger charge is -2.11. The molecule has 2 N–H and O–H groups in total. The van der Waals surface area contributed by atoms with Crippen LogP contribution in [0.15, 0.2) is 18.3 Å². The van der Waals surface area contributed by atoms with Gasteiger partial charge in [-0.15, -0.1) is 0 Å². The molecule has 0 radical (unpaired) electrons. The van der Waals surface area contributed by atoms with Crippen LogP contribution in [-0.4, -0.2) is 20.8 Å². The molecular formula is C15H20ClN5O. The summed E-state index contributed by atoms with van der Waals surface area (Å²) in [5, 5.41) is 10.2. The van der Waals surface area contributed by atoms with Gasteiger partial charge >= 0.3 is 6.03 Å². The topological polar surface area (TPSA) is 71.8 Å². The highest BCUT2D eigenvalue weighted by molar-refractivity contribution is 6.29. The molecule has 0 aliphatic rings. The number of carbonyl (C=O) groups is 1. The van der Waals surface area contributed by atoms with Crippen molar-refractivity contribution in [1.82, 2.24) is 14.8 Å². The van der Waals surface area contributed by atoms with Crippen LogP contribution in [0.4, 0.5) is 16.3 Å². The molecular weight excluding hydrogens is 302 g/mol. The molecule has 0 saturated carbocycles. The van der Waals surface area contributed by atoms with E-state index < -0.39 is 0 Å². The number of nitrogens with zero attached hydrogens (tertiary/aromatic N) is 3. The summed E-state index contributed by atoms with van der Waals surface area (Å²) in [5.74, 6) is 0.521. The highest BCUT2D eigenvalue weighted by Gasteiger charge is 2.12. The number of pyridine rings is 1. The number of nitrogens with one attached hydrogen (secondary N) is 2. The molecule has 0 bridgehead atoms. The molecule has 0 saturated heterocycles. The first-order valence-corrected chi connectivity index (χ1v) is 7.54. The lowest BCUT2D eigenvalue weighted by Crippen LogP contribution is -2.20. The SMILES string of the molecule is CCC(C)n1nc(NC(=O)Nc2cc(Cl)ncc2C)cc1C. The van der Waals surface area contributed by atoms with E-state index in [1.54, 1.807) is 12.3 Å². The summed E-state index contributed by atoms with van der Waals surface area (Å²) in [6, 6.07) is 3.39. The van der Waals surface area contributed by atoms with Crippen molar-refractivity contribution in [2.24, 2.45) is 0 Å². The van der Waals surface area contributed by atoms with Crippen molar-refractivity contribution in [3.63, 3.8) is 0 Å². The minimum absolute atomic E-state index is 0.292. The van der Waals surface area contributed by atoms with Gasteiger partial charge in [0.15, 0.2) is 5.82 Å². The van der Waals surface area contributed by atoms with E-state index in [-0.39, 0.29) is 6.03 Å². The van der Waals surface area contributed by atoms with Gasteiger partial charge in [-0.2, -0.15) is 5.10 Å². The normalized spacial score (nSPS) is 12.0. The molecule has 22 heavy (non-hydrogen) atoms. The van der Waals surface area contributed by atoms with Crippen LogP contribution in [0.2, 0.25) is 5.15 Å². The van der Waals surface area contributed by atoms with E-state index in [1.165, 1.54) is 0 Å². The van der Waals surface area contributed by atoms with Crippen LogP contribution < -0.4 is 10.6 Å². The van der Waals surface area contributed by atoms with Crippen LogP contribution in [0.25, 0.3) is 0 Å². The summed E-state index contributed by atoms with van der Waals surface area (Å²) in [6.07, 6.45) is 2.59. The zero-order valence-corrected chi connectivity index (χ0v) is 13.9. The summed E-state index contributed by atoms with van der Waals surface area (Å²) in [5.41, 5.74) is 2.46. The molecule has 7 heteroatoms. The van der Waals surface area contributed by atoms with Crippen molar-refractivity contribution in [2.45, 2.75) is 40.2 Å². The van der Waals surface area contributed by atoms with Gasteiger partial charge < -0.3 is 5.32 Å². The van der Waals surface area contributed by atoms with Gasteiger partial charge in [0.2, 0.25) is 0 Å². The molecule has 0 aliphatic heterocycles. The molecule has 2 amide bonds. The third-order valence-electron chi connectivity index (χ3n) is 3.49. The first-order valence-electron chi connectivity index (χ1n) is 7.17. The van der Waals surface area contributed by atoms with Gasteiger partial charge in [0, 0.05) is 29.7 Å². The van der Waals surface area contributed by atoms with Crippen LogP contribution >= 0.6 is 11.6 Å². The van der Waals surface area contributed by atoms with Gasteiger partial charge in [-0.1, -0.05) is 18.5 Å². The van der Waals surface area contributed by atoms with E-state index in [0.717, 1.165) is 17.7 Å². The Morgan fingerprint density at radius 1 is 1.36 bits per heavy atom. The first-order chi connectivity index (χ1) is 10.4. The maximum Gasteiger partial charge on any atom is 0.324 e. The molecule has 0 aliphatic carbocycles. The summed E-state index contributed by atoms with van der Waals surface area (Å²) >= 11 is 5.84. The molecule has 2 heterocycles. The Bertz CT molecular complexity index is 683. The third-order valence-corrected chi connectivity index (χ3v) is 3.70. The number of aromatic nitrogens is 3. The van der Waals surface area contributed by atoms with E-state index in [9.17, 15) is 4.79 Å². The van der Waals surface area contributed by atoms with Crippen molar-refractivity contribution >= 4 is 29.1 Å². The lowest BCUT2D eigenvalue weighted by atomic mass is 10.2. The van der Waals surface area contributed by atoms with Crippen molar-refractivity contribution in [1.29, 1.82) is 0 Å². The van der Waals surface area contributed by atoms with Crippen molar-refractivity contribution in [3.05, 3.63) is 34.7 Å². The molecule has 2 aromatic heterocycles. The van der Waals surface area contributed by atoms with Gasteiger partial charge in [0.25, 0.3) is 0 Å². The van der Waals surface area contributed by atoms with Gasteiger partial charge in [-0.3, -0.25) is 10.00 Å². The third kappa shape index (κ3) is 3.76. The number of aryl methyl sites for hydroxylation is 2. The Balaban J connectivity index is 2.08. The number of rotatable bonds is 4. The molecule has 1 unspecified atom stereocenters. The Kier molecular flexibility index (Phi) is 5.03. The van der Waals surface area contributed by atoms with E-state index in [4.69, 9.17) is 11.6 Å². The Hall–Kier alpha value is -2.08. The van der Waals surface area contributed by atoms with Gasteiger partial charge in [-0.25, -0.2) is 9.78 Å². The van der Waals surface area contributed by atoms with Crippen LogP contribution in [0.3, 0.4) is 0 Å². The minimum Gasteiger partial charge on any atom is -0.307 e. The van der Waals surface area contributed by atoms with Crippen LogP contribution in [0.5, 0.6) is 0 Å². The zero-order chi connectivity index (χ0) is 16.3. The fraction of sp³-hybridized carbons (Fsp3) is 0.400. The molecule has 118 valence electrons. The summed E-state index contributed by atoms with van der Waals surface area (Å²) in [7, 11) is 0. The second-order valence-electron chi connectivity index (χ2n) is 5.27. The van der Waals surface area contributed by atoms with E-state index in [1.807, 2.05) is 24.6 Å². The number of carbonyl (C=O) groups excluding carboxylic acids is 1. The van der Waals surface area contributed by atoms with Crippen LogP contribution in [-0.2, 0) is 0 Å². The number of hydrogen-bond donors (Lipinski definition) is 2. The number of halogens is 1. The zero-order valence-electron chi connectivity index (χ0n) is 13.1. The summed E-state index contributed by atoms with van der Waals surface area (Å²) < 4.78 is 1.91. The average molecular weight is 322 g/mol. The molecule has 0 spiro atoms. The molecule has 0 fully saturated rings. The molecule has 1 atom stereocenters. The highest BCUT2D eigenvalue weighted by Crippen LogP contribution is 2.19. The summed E-state index contributed by atoms with van der Waals surface area (Å²) in [6.45, 7) is 8.00. The van der Waals surface area contributed by atoms with Crippen LogP contribution in [0, 0.1) is 13.8 Å². The monoisotopic (exact) mass is 321 g/mol. The van der Waals surface area contributed by atoms with Crippen molar-refractivity contribution in [3.8, 4) is 0 Å². The Labute approximate surface area is 134 Å². The maximum absolute atomic E-state index is 12.1. The predicted octanol–water partition coefficient (Wildman–Crippen LogP) is 4.16. The van der Waals surface area contributed by atoms with Gasteiger partial charge in [-0.05, 0) is 38.8 Å². The van der Waals surface area contributed by atoms with Crippen LogP contribution in [0.1, 0.15) is 37.6 Å². The Morgan fingerprint density at radius 2 is 2.09 bits per heavy atom. The standard InChI is InChI=1S/C15H20ClN5O/c1-5-10(3)21-11(4)6-14(20-21)19-15(22)18-12-7-13(16)17-8-9(12)2/h6-8,10H,5H2,1-4H3,(H2,17,18,19,20,22). The van der Waals surface area contributed by atoms with Gasteiger partial charge in [0.05, 0.1) is 0 Å². The van der Waals surface area contributed by atoms with Crippen molar-refractivity contribution < 1.29 is 4.79 Å². The second-order valence-corrected chi connectivity index (χ2v) is 5.66. The van der Waals surface area contributed by atoms with E-state index >= 15 is 0 Å². The first kappa shape index (κ1) is 16.3. The molecule has 2 rings (SSSR count). The smallest absolute Gasteiger partial charge is 0.307 e. The number of urea groups is 1. The predicted molar refractivity (Wildman–Crippen MR) is 88.6 cm³/mol. The number of amides is 2. The van der Waals surface area contributed by atoms with Crippen molar-refractivity contribution in [2.75, 3.05) is 10.6 Å². The fourth-order valence-electron chi connectivity index (χ4n) is 2.07. The van der Waals surface area contributed by atoms with E-state index in [0.29, 0.717) is 22.7 Å². The van der Waals surface area contributed by atoms with E-state index in [2.05, 4.69) is 34.6 Å². The molecule has 2 aromatic rings. The molecule has 0 aromatic carbocycles. The number of hydrogen-bond acceptors (Lipinski definition) is 3. The lowest BCUT2D eigenvalue weighted by molar-refractivity contribution is 0.262. The molecule has 6 nitrogen and oxygen atoms in total. The minimum atomic E-state index is -0.362. The van der Waals surface area contributed by atoms with Gasteiger partial charge in [0.1, 0.15) is 5.15 Å². The number of anilines is 2. The highest BCUT2D eigenvalue weighted by atomic mass is 35.5. The second kappa shape index (κ2) is 6.79. The fourth-order valence-corrected chi connectivity index (χ4v) is 2.23. The average Bonchev–Trinajstić information content (AvgIpc) is 2.82. The Morgan fingerprint density at radius 3 is 2.77 bits per heavy atom. The largest absolute Gasteiger partial charge is 0.324 e. The summed E-state index contributed by atoms with van der Waals surface area (Å²) in [4.78, 5) is 16.0. The maximum atomic E-state index is 12.1.